The molecule has 3 aliphatic heterocycles. The largest absolute Gasteiger partial charge is 0.481 e. The molecular weight excluding hydrogens is 1230 g/mol. The van der Waals surface area contributed by atoms with Crippen LogP contribution in [0.5, 0.6) is 0 Å². The maximum Gasteiger partial charge on any atom is 0.407 e. The Labute approximate surface area is 540 Å². The van der Waals surface area contributed by atoms with Gasteiger partial charge in [-0.25, -0.2) is 4.79 Å². The molecule has 11 unspecified atom stereocenters. The fourth-order valence-electron chi connectivity index (χ4n) is 11.9. The summed E-state index contributed by atoms with van der Waals surface area (Å²) in [6, 6.07) is 1.09. The third-order valence-electron chi connectivity index (χ3n) is 17.1. The van der Waals surface area contributed by atoms with Gasteiger partial charge in [0.25, 0.3) is 6.47 Å². The zero-order valence-corrected chi connectivity index (χ0v) is 52.7. The van der Waals surface area contributed by atoms with Gasteiger partial charge in [0.05, 0.1) is 61.8 Å². The molecule has 14 N–H and O–H groups in total. The van der Waals surface area contributed by atoms with E-state index >= 15 is 0 Å². The molecule has 0 saturated carbocycles. The minimum Gasteiger partial charge on any atom is -0.481 e. The molecule has 3 heterocycles. The van der Waals surface area contributed by atoms with Crippen LogP contribution >= 0.6 is 0 Å². The molecule has 2 aromatic rings. The van der Waals surface area contributed by atoms with E-state index in [2.05, 4.69) is 42.5 Å². The highest BCUT2D eigenvalue weighted by Crippen LogP contribution is 2.44. The molecule has 12 atom stereocenters. The minimum absolute atomic E-state index is 0.0315. The van der Waals surface area contributed by atoms with Crippen LogP contribution in [0.4, 0.5) is 4.79 Å². The first-order valence-corrected chi connectivity index (χ1v) is 30.9. The van der Waals surface area contributed by atoms with Gasteiger partial charge in [0.2, 0.25) is 59.1 Å². The summed E-state index contributed by atoms with van der Waals surface area (Å²) in [5.41, 5.74) is 15.0. The van der Waals surface area contributed by atoms with Gasteiger partial charge < -0.3 is 83.5 Å². The lowest BCUT2D eigenvalue weighted by molar-refractivity contribution is -0.150. The number of rotatable bonds is 16. The first kappa shape index (κ1) is 73.2. The number of hydrogen-bond donors (Lipinski definition) is 12. The number of ether oxygens (including phenoxy) is 2. The molecule has 3 fully saturated rings. The zero-order valence-electron chi connectivity index (χ0n) is 52.7. The molecule has 11 amide bonds. The number of alkyl carbamates (subject to hydrolysis) is 1. The SMILES string of the molecule is CC(C)C1NC(=O)C(C(C)NC(=O)OCC2c3ccccc3-c3ccccc32)CC(=O)CNC(=O)C(COC=O)NC(=O)CNC(=O)C(CC(=O)O)NC(=O)C(C(C)C(=O)O)CC(=O)C2CCCCN2C(=O)C(NC(=O)C(N)CC(N)=O)[C@@H](C)NC(=O)C2CCCN2C1=O. The van der Waals surface area contributed by atoms with Crippen molar-refractivity contribution < 1.29 is 96.4 Å². The van der Waals surface area contributed by atoms with Gasteiger partial charge in [-0.3, -0.25) is 71.9 Å². The topological polar surface area (TPSA) is 487 Å². The Morgan fingerprint density at radius 3 is 1.90 bits per heavy atom. The van der Waals surface area contributed by atoms with Gasteiger partial charge in [0.15, 0.2) is 11.6 Å². The number of primary amides is 1. The van der Waals surface area contributed by atoms with Crippen molar-refractivity contribution >= 4 is 95.1 Å². The van der Waals surface area contributed by atoms with E-state index in [4.69, 9.17) is 20.9 Å². The second-order valence-corrected chi connectivity index (χ2v) is 24.2. The van der Waals surface area contributed by atoms with Crippen LogP contribution in [-0.2, 0) is 81.4 Å². The predicted octanol–water partition coefficient (Wildman–Crippen LogP) is -2.65. The number of benzene rings is 2. The maximum atomic E-state index is 15.0. The number of hydrogen-bond acceptors (Lipinski definition) is 19. The molecule has 0 radical (unpaired) electrons. The number of Topliss-reactive ketones (excluding diaryl/α,β-unsaturated/α-hetero) is 2. The number of nitrogens with two attached hydrogens (primary N) is 2. The number of carboxylic acid groups (broad SMARTS) is 2. The fraction of sp³-hybridized carbons (Fsp3) is 0.548. The molecule has 32 nitrogen and oxygen atoms in total. The van der Waals surface area contributed by atoms with Crippen LogP contribution in [0, 0.1) is 23.7 Å². The Bertz CT molecular complexity index is 3210. The monoisotopic (exact) mass is 1310 g/mol. The van der Waals surface area contributed by atoms with Crippen LogP contribution in [0.1, 0.15) is 109 Å². The second kappa shape index (κ2) is 33.6. The lowest BCUT2D eigenvalue weighted by Gasteiger charge is -2.39. The van der Waals surface area contributed by atoms with Crippen LogP contribution < -0.4 is 54.0 Å². The van der Waals surface area contributed by atoms with Gasteiger partial charge in [-0.05, 0) is 74.1 Å². The van der Waals surface area contributed by atoms with Crippen LogP contribution in [-0.4, -0.2) is 209 Å². The number of ketones is 2. The Morgan fingerprint density at radius 1 is 0.691 bits per heavy atom. The van der Waals surface area contributed by atoms with E-state index in [0.717, 1.165) is 34.1 Å². The Morgan fingerprint density at radius 2 is 1.29 bits per heavy atom. The summed E-state index contributed by atoms with van der Waals surface area (Å²) in [5.74, 6) is -21.8. The number of carboxylic acids is 2. The van der Waals surface area contributed by atoms with Crippen molar-refractivity contribution in [3.8, 4) is 11.1 Å². The van der Waals surface area contributed by atoms with E-state index in [-0.39, 0.29) is 57.8 Å². The van der Waals surface area contributed by atoms with Crippen molar-refractivity contribution in [2.75, 3.05) is 39.4 Å². The standard InChI is InChI=1S/C62H82N12O20/c1-30(2)51-59(88)74-20-12-18-46(74)58(87)67-33(5)52(72-55(84)42(63)23-48(64)78)60(89)73-19-11-10-17-45(73)47(77)22-39(31(3)61(90)91)53(82)70-43(24-50(80)81)56(85)66-26-49(79)69-44(28-93-29-75)57(86)65-25-34(76)21-40(54(83)71-51)32(4)68-62(92)94-27-41-37-15-8-6-13-35(37)36-14-7-9-16-38(36)41/h6-9,13-16,29-33,39-46,51-52H,10-12,17-28,63H2,1-5H3,(H2,64,78)(H,65,86)(H,66,85)(H,67,87)(H,68,92)(H,69,79)(H,70,82)(H,71,83)(H,72,84)(H,80,81)(H,90,91)/t31?,32?,33-,39?,40?,42?,43?,44?,45?,46?,51?,52?/m1/s1. The van der Waals surface area contributed by atoms with Crippen molar-refractivity contribution in [2.45, 2.75) is 153 Å². The Hall–Kier alpha value is -9.88. The summed E-state index contributed by atoms with van der Waals surface area (Å²) in [5, 5.41) is 39.1. The van der Waals surface area contributed by atoms with Crippen LogP contribution in [0.2, 0.25) is 0 Å². The molecule has 1 aliphatic carbocycles. The molecule has 2 aromatic carbocycles. The highest BCUT2D eigenvalue weighted by atomic mass is 16.5. The lowest BCUT2D eigenvalue weighted by Crippen LogP contribution is -2.64. The normalized spacial score (nSPS) is 25.3. The zero-order chi connectivity index (χ0) is 69.2. The summed E-state index contributed by atoms with van der Waals surface area (Å²) in [7, 11) is 0. The highest BCUT2D eigenvalue weighted by molar-refractivity contribution is 6.00. The van der Waals surface area contributed by atoms with Gasteiger partial charge >= 0.3 is 18.0 Å². The quantitative estimate of drug-likeness (QED) is 0.0764. The molecule has 4 aliphatic rings. The summed E-state index contributed by atoms with van der Waals surface area (Å²) in [6.45, 7) is 3.78. The molecule has 94 heavy (non-hydrogen) atoms. The molecule has 0 bridgehead atoms. The van der Waals surface area contributed by atoms with Crippen LogP contribution in [0.3, 0.4) is 0 Å². The first-order valence-electron chi connectivity index (χ1n) is 30.9. The average Bonchev–Trinajstić information content (AvgIpc) is 1.60. The third-order valence-corrected chi connectivity index (χ3v) is 17.1. The van der Waals surface area contributed by atoms with E-state index < -0.39 is 212 Å². The molecule has 0 aromatic heterocycles. The number of aliphatic carboxylic acids is 2. The summed E-state index contributed by atoms with van der Waals surface area (Å²) < 4.78 is 10.5. The van der Waals surface area contributed by atoms with Gasteiger partial charge in [0.1, 0.15) is 43.4 Å². The van der Waals surface area contributed by atoms with Crippen LogP contribution in [0.25, 0.3) is 11.1 Å². The smallest absolute Gasteiger partial charge is 0.407 e. The number of carbonyl (C=O) groups is 16. The minimum atomic E-state index is -2.05. The number of fused-ring (bicyclic) bond motifs is 5. The van der Waals surface area contributed by atoms with E-state index in [0.29, 0.717) is 6.42 Å². The number of amides is 11. The number of carbonyl (C=O) groups excluding carboxylic acids is 14. The Balaban J connectivity index is 1.35. The van der Waals surface area contributed by atoms with Crippen molar-refractivity contribution in [3.63, 3.8) is 0 Å². The predicted molar refractivity (Wildman–Crippen MR) is 327 cm³/mol. The first-order chi connectivity index (χ1) is 44.5. The number of nitrogens with one attached hydrogen (secondary N) is 8. The van der Waals surface area contributed by atoms with E-state index in [1.807, 2.05) is 48.5 Å². The van der Waals surface area contributed by atoms with E-state index in [1.54, 1.807) is 13.8 Å². The molecule has 510 valence electrons. The maximum absolute atomic E-state index is 15.0. The summed E-state index contributed by atoms with van der Waals surface area (Å²) in [6.07, 6.45) is -3.71. The van der Waals surface area contributed by atoms with Gasteiger partial charge in [0, 0.05) is 37.9 Å². The van der Waals surface area contributed by atoms with Crippen LogP contribution in [0.15, 0.2) is 48.5 Å². The van der Waals surface area contributed by atoms with Gasteiger partial charge in [-0.1, -0.05) is 69.3 Å². The second-order valence-electron chi connectivity index (χ2n) is 24.2. The molecule has 3 saturated heterocycles. The average molecular weight is 1320 g/mol. The summed E-state index contributed by atoms with van der Waals surface area (Å²) in [4.78, 5) is 220. The molecule has 32 heteroatoms. The van der Waals surface area contributed by atoms with Crippen molar-refractivity contribution in [1.82, 2.24) is 52.3 Å². The highest BCUT2D eigenvalue weighted by Gasteiger charge is 2.45. The summed E-state index contributed by atoms with van der Waals surface area (Å²) >= 11 is 0. The van der Waals surface area contributed by atoms with Gasteiger partial charge in [-0.15, -0.1) is 0 Å². The van der Waals surface area contributed by atoms with Gasteiger partial charge in [-0.2, -0.15) is 0 Å². The van der Waals surface area contributed by atoms with E-state index in [9.17, 15) is 86.9 Å². The molecule has 0 spiro atoms. The van der Waals surface area contributed by atoms with Crippen molar-refractivity contribution in [1.29, 1.82) is 0 Å². The van der Waals surface area contributed by atoms with Crippen molar-refractivity contribution in [3.05, 3.63) is 59.7 Å². The number of piperidine rings is 1. The molecule has 6 rings (SSSR count). The third kappa shape index (κ3) is 19.1. The fourth-order valence-corrected chi connectivity index (χ4v) is 11.9. The van der Waals surface area contributed by atoms with E-state index in [1.165, 1.54) is 18.7 Å². The molecular formula is C62H82N12O20. The number of nitrogens with zero attached hydrogens (tertiary/aromatic N) is 2. The Kier molecular flexibility index (Phi) is 26.2. The lowest BCUT2D eigenvalue weighted by atomic mass is 9.84. The van der Waals surface area contributed by atoms with Crippen molar-refractivity contribution in [2.24, 2.45) is 35.1 Å².